The Hall–Kier alpha value is 0.340. The molecule has 60 valence electrons. The summed E-state index contributed by atoms with van der Waals surface area (Å²) in [5.41, 5.74) is 1.25. The molecule has 0 spiro atoms. The van der Waals surface area contributed by atoms with Crippen LogP contribution in [0.1, 0.15) is 5.56 Å². The average Bonchev–Trinajstić information content (AvgIpc) is 1.98. The van der Waals surface area contributed by atoms with E-state index in [1.54, 1.807) is 11.8 Å². The number of halogens is 2. The molecule has 0 nitrogen and oxygen atoms in total. The summed E-state index contributed by atoms with van der Waals surface area (Å²) in [7, 11) is 0. The summed E-state index contributed by atoms with van der Waals surface area (Å²) in [5, 5.41) is 0.803. The standard InChI is InChI=1S/C8H8BrClS/c1-11-5-6-4-7(10)2-3-8(6)9/h2-4H,5H2,1H3. The molecule has 0 heterocycles. The summed E-state index contributed by atoms with van der Waals surface area (Å²) < 4.78 is 1.14. The zero-order chi connectivity index (χ0) is 8.27. The van der Waals surface area contributed by atoms with Crippen molar-refractivity contribution in [3.05, 3.63) is 33.3 Å². The Morgan fingerprint density at radius 2 is 2.27 bits per heavy atom. The smallest absolute Gasteiger partial charge is 0.0409 e. The molecule has 0 aromatic heterocycles. The minimum absolute atomic E-state index is 0.803. The lowest BCUT2D eigenvalue weighted by Crippen LogP contribution is -1.81. The first-order valence-electron chi connectivity index (χ1n) is 3.17. The Balaban J connectivity index is 2.93. The first kappa shape index (κ1) is 9.43. The molecule has 1 aromatic rings. The van der Waals surface area contributed by atoms with Crippen molar-refractivity contribution < 1.29 is 0 Å². The van der Waals surface area contributed by atoms with Gasteiger partial charge >= 0.3 is 0 Å². The first-order chi connectivity index (χ1) is 5.24. The second kappa shape index (κ2) is 4.39. The van der Waals surface area contributed by atoms with Crippen LogP contribution in [0.2, 0.25) is 5.02 Å². The molecule has 0 bridgehead atoms. The topological polar surface area (TPSA) is 0 Å². The van der Waals surface area contributed by atoms with Crippen molar-refractivity contribution in [1.29, 1.82) is 0 Å². The number of thioether (sulfide) groups is 1. The van der Waals surface area contributed by atoms with Crippen molar-refractivity contribution in [1.82, 2.24) is 0 Å². The quantitative estimate of drug-likeness (QED) is 0.766. The highest BCUT2D eigenvalue weighted by Gasteiger charge is 1.98. The molecule has 0 aliphatic rings. The van der Waals surface area contributed by atoms with E-state index in [4.69, 9.17) is 11.6 Å². The number of rotatable bonds is 2. The van der Waals surface area contributed by atoms with E-state index in [9.17, 15) is 0 Å². The summed E-state index contributed by atoms with van der Waals surface area (Å²) in [6.45, 7) is 0. The molecule has 0 amide bonds. The molecule has 0 atom stereocenters. The van der Waals surface area contributed by atoms with Gasteiger partial charge in [-0.2, -0.15) is 11.8 Å². The van der Waals surface area contributed by atoms with Gasteiger partial charge in [-0.1, -0.05) is 27.5 Å². The van der Waals surface area contributed by atoms with Gasteiger partial charge in [0.05, 0.1) is 0 Å². The lowest BCUT2D eigenvalue weighted by molar-refractivity contribution is 1.38. The van der Waals surface area contributed by atoms with Crippen LogP contribution in [0.3, 0.4) is 0 Å². The van der Waals surface area contributed by atoms with Gasteiger partial charge in [-0.15, -0.1) is 0 Å². The van der Waals surface area contributed by atoms with Crippen LogP contribution in [0.5, 0.6) is 0 Å². The maximum absolute atomic E-state index is 5.82. The molecule has 0 saturated carbocycles. The fraction of sp³-hybridized carbons (Fsp3) is 0.250. The van der Waals surface area contributed by atoms with Crippen LogP contribution in [-0.4, -0.2) is 6.26 Å². The van der Waals surface area contributed by atoms with E-state index in [-0.39, 0.29) is 0 Å². The number of hydrogen-bond donors (Lipinski definition) is 0. The summed E-state index contributed by atoms with van der Waals surface area (Å²) in [6, 6.07) is 5.85. The second-order valence-electron chi connectivity index (χ2n) is 2.17. The van der Waals surface area contributed by atoms with Gasteiger partial charge in [0.2, 0.25) is 0 Å². The summed E-state index contributed by atoms with van der Waals surface area (Å²) in [6.07, 6.45) is 2.08. The zero-order valence-corrected chi connectivity index (χ0v) is 9.26. The molecular formula is C8H8BrClS. The van der Waals surface area contributed by atoms with Crippen molar-refractivity contribution in [2.24, 2.45) is 0 Å². The van der Waals surface area contributed by atoms with Crippen LogP contribution < -0.4 is 0 Å². The summed E-state index contributed by atoms with van der Waals surface area (Å²) in [5.74, 6) is 1.00. The molecule has 0 saturated heterocycles. The summed E-state index contributed by atoms with van der Waals surface area (Å²) in [4.78, 5) is 0. The van der Waals surface area contributed by atoms with Crippen molar-refractivity contribution in [3.8, 4) is 0 Å². The predicted octanol–water partition coefficient (Wildman–Crippen LogP) is 3.97. The molecule has 11 heavy (non-hydrogen) atoms. The van der Waals surface area contributed by atoms with E-state index in [2.05, 4.69) is 22.2 Å². The molecule has 1 rings (SSSR count). The fourth-order valence-electron chi connectivity index (χ4n) is 0.809. The van der Waals surface area contributed by atoms with Gasteiger partial charge in [-0.3, -0.25) is 0 Å². The molecule has 0 unspecified atom stereocenters. The van der Waals surface area contributed by atoms with E-state index >= 15 is 0 Å². The number of benzene rings is 1. The fourth-order valence-corrected chi connectivity index (χ4v) is 2.13. The number of hydrogen-bond acceptors (Lipinski definition) is 1. The molecule has 3 heteroatoms. The SMILES string of the molecule is CSCc1cc(Cl)ccc1Br. The molecule has 0 N–H and O–H groups in total. The molecule has 0 aliphatic heterocycles. The first-order valence-corrected chi connectivity index (χ1v) is 5.73. The van der Waals surface area contributed by atoms with Crippen LogP contribution in [-0.2, 0) is 5.75 Å². The van der Waals surface area contributed by atoms with Gasteiger partial charge in [0, 0.05) is 15.2 Å². The van der Waals surface area contributed by atoms with Crippen molar-refractivity contribution in [2.45, 2.75) is 5.75 Å². The van der Waals surface area contributed by atoms with Crippen LogP contribution in [0, 0.1) is 0 Å². The lowest BCUT2D eigenvalue weighted by Gasteiger charge is -2.01. The lowest BCUT2D eigenvalue weighted by atomic mass is 10.2. The molecule has 0 fully saturated rings. The normalized spacial score (nSPS) is 10.1. The Morgan fingerprint density at radius 1 is 1.55 bits per heavy atom. The zero-order valence-electron chi connectivity index (χ0n) is 6.10. The van der Waals surface area contributed by atoms with Gasteiger partial charge in [0.1, 0.15) is 0 Å². The van der Waals surface area contributed by atoms with Crippen molar-refractivity contribution in [2.75, 3.05) is 6.26 Å². The van der Waals surface area contributed by atoms with Crippen LogP contribution in [0.4, 0.5) is 0 Å². The highest BCUT2D eigenvalue weighted by atomic mass is 79.9. The van der Waals surface area contributed by atoms with Gasteiger partial charge in [0.15, 0.2) is 0 Å². The van der Waals surface area contributed by atoms with Gasteiger partial charge < -0.3 is 0 Å². The third-order valence-electron chi connectivity index (χ3n) is 1.31. The predicted molar refractivity (Wildman–Crippen MR) is 56.4 cm³/mol. The van der Waals surface area contributed by atoms with Gasteiger partial charge in [0.25, 0.3) is 0 Å². The minimum Gasteiger partial charge on any atom is -0.161 e. The van der Waals surface area contributed by atoms with E-state index in [1.165, 1.54) is 5.56 Å². The molecular weight excluding hydrogens is 244 g/mol. The van der Waals surface area contributed by atoms with Gasteiger partial charge in [-0.05, 0) is 30.0 Å². The Bertz CT molecular complexity index is 250. The van der Waals surface area contributed by atoms with Crippen LogP contribution >= 0.6 is 39.3 Å². The summed E-state index contributed by atoms with van der Waals surface area (Å²) >= 11 is 11.1. The maximum Gasteiger partial charge on any atom is 0.0409 e. The minimum atomic E-state index is 0.803. The molecule has 0 radical (unpaired) electrons. The highest BCUT2D eigenvalue weighted by molar-refractivity contribution is 9.10. The average molecular weight is 252 g/mol. The third-order valence-corrected chi connectivity index (χ3v) is 2.92. The third kappa shape index (κ3) is 2.69. The van der Waals surface area contributed by atoms with Crippen LogP contribution in [0.15, 0.2) is 22.7 Å². The largest absolute Gasteiger partial charge is 0.161 e. The Labute approximate surface area is 84.5 Å². The molecule has 1 aromatic carbocycles. The van der Waals surface area contributed by atoms with E-state index in [0.717, 1.165) is 15.2 Å². The van der Waals surface area contributed by atoms with Crippen LogP contribution in [0.25, 0.3) is 0 Å². The molecule has 0 aliphatic carbocycles. The van der Waals surface area contributed by atoms with Crippen molar-refractivity contribution in [3.63, 3.8) is 0 Å². The highest BCUT2D eigenvalue weighted by Crippen LogP contribution is 2.23. The van der Waals surface area contributed by atoms with E-state index in [1.807, 2.05) is 18.2 Å². The van der Waals surface area contributed by atoms with E-state index in [0.29, 0.717) is 0 Å². The van der Waals surface area contributed by atoms with Gasteiger partial charge in [-0.25, -0.2) is 0 Å². The monoisotopic (exact) mass is 250 g/mol. The Kier molecular flexibility index (Phi) is 3.76. The van der Waals surface area contributed by atoms with E-state index < -0.39 is 0 Å². The second-order valence-corrected chi connectivity index (χ2v) is 4.33. The Morgan fingerprint density at radius 3 is 2.91 bits per heavy atom. The van der Waals surface area contributed by atoms with Crippen molar-refractivity contribution >= 4 is 39.3 Å². The maximum atomic E-state index is 5.82.